The second kappa shape index (κ2) is 11.5. The van der Waals surface area contributed by atoms with E-state index in [9.17, 15) is 14.4 Å². The molecule has 0 saturated heterocycles. The Hall–Kier alpha value is -3.15. The molecule has 2 N–H and O–H groups in total. The van der Waals surface area contributed by atoms with Crippen LogP contribution in [-0.4, -0.2) is 35.8 Å². The van der Waals surface area contributed by atoms with Crippen molar-refractivity contribution in [2.75, 3.05) is 13.2 Å². The third kappa shape index (κ3) is 8.03. The SMILES string of the molecule is NC(=O)CCN(Cc1ccccc1)C(=O)CCC(=O)OCCc1ccccc1. The third-order valence-corrected chi connectivity index (χ3v) is 4.24. The van der Waals surface area contributed by atoms with Gasteiger partial charge in [-0.1, -0.05) is 60.7 Å². The van der Waals surface area contributed by atoms with Gasteiger partial charge in [0.2, 0.25) is 11.8 Å². The number of hydrogen-bond donors (Lipinski definition) is 1. The first kappa shape index (κ1) is 21.2. The summed E-state index contributed by atoms with van der Waals surface area (Å²) in [5, 5.41) is 0. The van der Waals surface area contributed by atoms with Crippen LogP contribution in [0.3, 0.4) is 0 Å². The minimum Gasteiger partial charge on any atom is -0.465 e. The molecule has 0 bridgehead atoms. The number of carbonyl (C=O) groups excluding carboxylic acids is 3. The van der Waals surface area contributed by atoms with Gasteiger partial charge in [0.1, 0.15) is 0 Å². The van der Waals surface area contributed by atoms with Crippen molar-refractivity contribution in [1.29, 1.82) is 0 Å². The van der Waals surface area contributed by atoms with E-state index in [0.29, 0.717) is 13.0 Å². The number of rotatable bonds is 11. The van der Waals surface area contributed by atoms with Crippen molar-refractivity contribution in [3.05, 3.63) is 71.8 Å². The van der Waals surface area contributed by atoms with E-state index in [1.807, 2.05) is 60.7 Å². The van der Waals surface area contributed by atoms with Crippen molar-refractivity contribution >= 4 is 17.8 Å². The van der Waals surface area contributed by atoms with Crippen molar-refractivity contribution in [2.24, 2.45) is 5.73 Å². The number of ether oxygens (including phenoxy) is 1. The lowest BCUT2D eigenvalue weighted by Crippen LogP contribution is -2.34. The smallest absolute Gasteiger partial charge is 0.306 e. The summed E-state index contributed by atoms with van der Waals surface area (Å²) in [7, 11) is 0. The van der Waals surface area contributed by atoms with E-state index >= 15 is 0 Å². The molecular formula is C22H26N2O4. The predicted octanol–water partition coefficient (Wildman–Crippen LogP) is 2.46. The van der Waals surface area contributed by atoms with Crippen LogP contribution in [0.4, 0.5) is 0 Å². The average molecular weight is 382 g/mol. The molecule has 2 aromatic carbocycles. The molecule has 0 aliphatic heterocycles. The molecule has 0 unspecified atom stereocenters. The van der Waals surface area contributed by atoms with Crippen molar-refractivity contribution in [2.45, 2.75) is 32.2 Å². The molecule has 0 spiro atoms. The molecule has 6 heteroatoms. The number of hydrogen-bond acceptors (Lipinski definition) is 4. The van der Waals surface area contributed by atoms with Crippen LogP contribution in [0.25, 0.3) is 0 Å². The van der Waals surface area contributed by atoms with Crippen molar-refractivity contribution in [1.82, 2.24) is 4.90 Å². The minimum absolute atomic E-state index is 0.00941. The molecule has 2 amide bonds. The lowest BCUT2D eigenvalue weighted by Gasteiger charge is -2.22. The molecule has 148 valence electrons. The fourth-order valence-electron chi connectivity index (χ4n) is 2.71. The van der Waals surface area contributed by atoms with Crippen molar-refractivity contribution < 1.29 is 19.1 Å². The topological polar surface area (TPSA) is 89.7 Å². The summed E-state index contributed by atoms with van der Waals surface area (Å²) in [5.41, 5.74) is 7.25. The third-order valence-electron chi connectivity index (χ3n) is 4.24. The van der Waals surface area contributed by atoms with E-state index in [1.165, 1.54) is 0 Å². The molecule has 0 aliphatic rings. The summed E-state index contributed by atoms with van der Waals surface area (Å²) >= 11 is 0. The molecule has 28 heavy (non-hydrogen) atoms. The Morgan fingerprint density at radius 2 is 1.43 bits per heavy atom. The van der Waals surface area contributed by atoms with Gasteiger partial charge in [-0.2, -0.15) is 0 Å². The van der Waals surface area contributed by atoms with Gasteiger partial charge in [-0.25, -0.2) is 0 Å². The highest BCUT2D eigenvalue weighted by atomic mass is 16.5. The number of nitrogens with zero attached hydrogens (tertiary/aromatic N) is 1. The van der Waals surface area contributed by atoms with Crippen molar-refractivity contribution in [3.8, 4) is 0 Å². The monoisotopic (exact) mass is 382 g/mol. The molecule has 0 fully saturated rings. The van der Waals surface area contributed by atoms with Gasteiger partial charge in [0.15, 0.2) is 0 Å². The van der Waals surface area contributed by atoms with Crippen LogP contribution in [0.15, 0.2) is 60.7 Å². The molecule has 2 rings (SSSR count). The molecule has 6 nitrogen and oxygen atoms in total. The molecule has 0 atom stereocenters. The van der Waals surface area contributed by atoms with E-state index < -0.39 is 11.9 Å². The van der Waals surface area contributed by atoms with Crippen LogP contribution in [0.2, 0.25) is 0 Å². The average Bonchev–Trinajstić information content (AvgIpc) is 2.70. The van der Waals surface area contributed by atoms with Crippen LogP contribution in [-0.2, 0) is 32.1 Å². The van der Waals surface area contributed by atoms with E-state index in [1.54, 1.807) is 4.90 Å². The first-order valence-corrected chi connectivity index (χ1v) is 9.34. The van der Waals surface area contributed by atoms with E-state index in [4.69, 9.17) is 10.5 Å². The highest BCUT2D eigenvalue weighted by Crippen LogP contribution is 2.09. The lowest BCUT2D eigenvalue weighted by molar-refractivity contribution is -0.146. The Balaban J connectivity index is 1.78. The molecule has 0 aliphatic carbocycles. The van der Waals surface area contributed by atoms with E-state index in [2.05, 4.69) is 0 Å². The Morgan fingerprint density at radius 1 is 0.821 bits per heavy atom. The minimum atomic E-state index is -0.466. The van der Waals surface area contributed by atoms with Gasteiger partial charge >= 0.3 is 5.97 Å². The second-order valence-electron chi connectivity index (χ2n) is 6.47. The molecule has 0 saturated carbocycles. The number of benzene rings is 2. The molecule has 0 radical (unpaired) electrons. The lowest BCUT2D eigenvalue weighted by atomic mass is 10.2. The van der Waals surface area contributed by atoms with Gasteiger partial charge in [-0.05, 0) is 11.1 Å². The van der Waals surface area contributed by atoms with Crippen LogP contribution in [0.5, 0.6) is 0 Å². The number of nitrogens with two attached hydrogens (primary N) is 1. The maximum Gasteiger partial charge on any atom is 0.306 e. The van der Waals surface area contributed by atoms with Gasteiger partial charge in [0.25, 0.3) is 0 Å². The fraction of sp³-hybridized carbons (Fsp3) is 0.318. The molecule has 0 heterocycles. The van der Waals surface area contributed by atoms with Crippen molar-refractivity contribution in [3.63, 3.8) is 0 Å². The summed E-state index contributed by atoms with van der Waals surface area (Å²) in [4.78, 5) is 37.1. The Kier molecular flexibility index (Phi) is 8.72. The quantitative estimate of drug-likeness (QED) is 0.605. The summed E-state index contributed by atoms with van der Waals surface area (Å²) in [6, 6.07) is 19.2. The maximum absolute atomic E-state index is 12.5. The summed E-state index contributed by atoms with van der Waals surface area (Å²) < 4.78 is 5.21. The number of esters is 1. The predicted molar refractivity (Wildman–Crippen MR) is 106 cm³/mol. The number of carbonyl (C=O) groups is 3. The van der Waals surface area contributed by atoms with E-state index in [-0.39, 0.29) is 38.3 Å². The first-order valence-electron chi connectivity index (χ1n) is 9.34. The molecule has 2 aromatic rings. The Bertz CT molecular complexity index is 763. The normalized spacial score (nSPS) is 10.3. The van der Waals surface area contributed by atoms with Gasteiger partial charge in [0.05, 0.1) is 13.0 Å². The zero-order chi connectivity index (χ0) is 20.2. The fourth-order valence-corrected chi connectivity index (χ4v) is 2.71. The first-order chi connectivity index (χ1) is 13.5. The Labute approximate surface area is 165 Å². The Morgan fingerprint density at radius 3 is 2.04 bits per heavy atom. The van der Waals surface area contributed by atoms with E-state index in [0.717, 1.165) is 11.1 Å². The maximum atomic E-state index is 12.5. The van der Waals surface area contributed by atoms with Gasteiger partial charge in [-0.15, -0.1) is 0 Å². The zero-order valence-corrected chi connectivity index (χ0v) is 15.9. The largest absolute Gasteiger partial charge is 0.465 e. The van der Waals surface area contributed by atoms with Crippen LogP contribution < -0.4 is 5.73 Å². The van der Waals surface area contributed by atoms with Crippen LogP contribution in [0, 0.1) is 0 Å². The summed E-state index contributed by atoms with van der Waals surface area (Å²) in [6.45, 7) is 0.883. The van der Waals surface area contributed by atoms with Crippen LogP contribution >= 0.6 is 0 Å². The van der Waals surface area contributed by atoms with Gasteiger partial charge in [-0.3, -0.25) is 14.4 Å². The van der Waals surface area contributed by atoms with Crippen LogP contribution in [0.1, 0.15) is 30.4 Å². The summed E-state index contributed by atoms with van der Waals surface area (Å²) in [6.07, 6.45) is 0.768. The number of primary amides is 1. The highest BCUT2D eigenvalue weighted by Gasteiger charge is 2.17. The summed E-state index contributed by atoms with van der Waals surface area (Å²) in [5.74, 6) is -1.07. The standard InChI is InChI=1S/C22H26N2O4/c23-20(25)13-15-24(17-19-9-5-2-6-10-19)21(26)11-12-22(27)28-16-14-18-7-3-1-4-8-18/h1-10H,11-17H2,(H2,23,25). The highest BCUT2D eigenvalue weighted by molar-refractivity contribution is 5.82. The van der Waals surface area contributed by atoms with Gasteiger partial charge in [0, 0.05) is 32.4 Å². The molecule has 0 aromatic heterocycles. The zero-order valence-electron chi connectivity index (χ0n) is 15.9. The van der Waals surface area contributed by atoms with Gasteiger partial charge < -0.3 is 15.4 Å². The molecular weight excluding hydrogens is 356 g/mol. The second-order valence-corrected chi connectivity index (χ2v) is 6.47. The number of amides is 2.